The maximum Gasteiger partial charge on any atom is 0.405 e. The molecule has 2 aliphatic heterocycles. The number of pyridine rings is 1. The van der Waals surface area contributed by atoms with Crippen LogP contribution >= 0.6 is 0 Å². The molecule has 50 heavy (non-hydrogen) atoms. The van der Waals surface area contributed by atoms with Gasteiger partial charge < -0.3 is 34.9 Å². The SMILES string of the molecule is COc1ccc2c(O[C@@H]3C[C@H]4C(=O)N[C@]5(C(=O)NS(=O)(=O)C6(C)CC6)C[C@H]5C=CCC[C@@H](C)O[C@@H](C)[C@H](NC(=O)O)C(=O)N4C3)nccc2c1. The number of ether oxygens (including phenoxy) is 3. The number of nitrogens with one attached hydrogen (secondary N) is 3. The van der Waals surface area contributed by atoms with Crippen LogP contribution in [0.5, 0.6) is 11.6 Å². The summed E-state index contributed by atoms with van der Waals surface area (Å²) in [5.74, 6) is -1.85. The van der Waals surface area contributed by atoms with Gasteiger partial charge in [-0.05, 0) is 82.5 Å². The molecule has 1 saturated heterocycles. The molecule has 0 spiro atoms. The number of sulfonamides is 1. The third-order valence-corrected chi connectivity index (χ3v) is 12.4. The summed E-state index contributed by atoms with van der Waals surface area (Å²) in [4.78, 5) is 59.7. The molecule has 1 aromatic carbocycles. The topological polar surface area (TPSA) is 203 Å². The summed E-state index contributed by atoms with van der Waals surface area (Å²) in [7, 11) is -2.45. The minimum absolute atomic E-state index is 0.0220. The minimum atomic E-state index is -4.01. The number of fused-ring (bicyclic) bond motifs is 3. The first-order chi connectivity index (χ1) is 23.7. The summed E-state index contributed by atoms with van der Waals surface area (Å²) in [5, 5.41) is 16.2. The van der Waals surface area contributed by atoms with Gasteiger partial charge in [0.1, 0.15) is 29.5 Å². The van der Waals surface area contributed by atoms with Crippen LogP contribution in [0.3, 0.4) is 0 Å². The Balaban J connectivity index is 1.33. The Labute approximate surface area is 290 Å². The second-order valence-corrected chi connectivity index (χ2v) is 16.1. The van der Waals surface area contributed by atoms with Crippen LogP contribution in [0, 0.1) is 5.92 Å². The first kappa shape index (κ1) is 35.4. The zero-order chi connectivity index (χ0) is 36.0. The number of amides is 4. The van der Waals surface area contributed by atoms with E-state index in [-0.39, 0.29) is 31.4 Å². The van der Waals surface area contributed by atoms with Gasteiger partial charge in [-0.15, -0.1) is 0 Å². The highest BCUT2D eigenvalue weighted by atomic mass is 32.2. The Hall–Kier alpha value is -4.44. The average Bonchev–Trinajstić information content (AvgIpc) is 3.95. The van der Waals surface area contributed by atoms with Crippen molar-refractivity contribution in [3.63, 3.8) is 0 Å². The molecule has 0 radical (unpaired) electrons. The van der Waals surface area contributed by atoms with Crippen molar-refractivity contribution in [3.8, 4) is 11.6 Å². The lowest BCUT2D eigenvalue weighted by Crippen LogP contribution is -2.60. The minimum Gasteiger partial charge on any atom is -0.497 e. The summed E-state index contributed by atoms with van der Waals surface area (Å²) >= 11 is 0. The molecule has 0 unspecified atom stereocenters. The zero-order valence-electron chi connectivity index (χ0n) is 28.4. The van der Waals surface area contributed by atoms with Gasteiger partial charge in [0.15, 0.2) is 0 Å². The molecule has 3 heterocycles. The van der Waals surface area contributed by atoms with Crippen LogP contribution in [-0.4, -0.2) is 102 Å². The normalized spacial score (nSPS) is 30.9. The van der Waals surface area contributed by atoms with Gasteiger partial charge in [0, 0.05) is 23.9 Å². The zero-order valence-corrected chi connectivity index (χ0v) is 29.2. The van der Waals surface area contributed by atoms with Crippen LogP contribution in [-0.2, 0) is 29.1 Å². The molecular weight excluding hydrogens is 670 g/mol. The standard InChI is InChI=1S/C34H43N5O10S/c1-19-7-5-6-8-22-17-34(22,31(42)38-50(45,46)33(3)12-13-33)37-28(40)26-16-24(18-39(26)30(41)27(20(2)48-19)36-32(43)44)49-29-25-10-9-23(47-4)15-21(25)11-14-35-29/h6,8-11,14-15,19-20,22,24,26-27,36H,5,7,12-13,16-18H2,1-4H3,(H,37,40)(H,38,42)(H,43,44)/t19-,20+,22-,24-,26+,27+,34-/m1/s1. The van der Waals surface area contributed by atoms with Gasteiger partial charge in [0.25, 0.3) is 5.91 Å². The van der Waals surface area contributed by atoms with Crippen LogP contribution < -0.4 is 24.8 Å². The van der Waals surface area contributed by atoms with E-state index in [0.717, 1.165) is 5.39 Å². The molecule has 15 nitrogen and oxygen atoms in total. The lowest BCUT2D eigenvalue weighted by molar-refractivity contribution is -0.144. The van der Waals surface area contributed by atoms with E-state index in [0.29, 0.717) is 36.8 Å². The Morgan fingerprint density at radius 3 is 2.64 bits per heavy atom. The Kier molecular flexibility index (Phi) is 9.45. The van der Waals surface area contributed by atoms with Crippen molar-refractivity contribution in [1.29, 1.82) is 0 Å². The van der Waals surface area contributed by atoms with Crippen molar-refractivity contribution >= 4 is 44.6 Å². The van der Waals surface area contributed by atoms with Crippen molar-refractivity contribution < 1.29 is 46.9 Å². The van der Waals surface area contributed by atoms with E-state index in [9.17, 15) is 32.7 Å². The largest absolute Gasteiger partial charge is 0.497 e. The molecule has 2 aliphatic carbocycles. The molecule has 2 aromatic rings. The molecule has 4 aliphatic rings. The fraction of sp³-hybridized carbons (Fsp3) is 0.559. The lowest BCUT2D eigenvalue weighted by Gasteiger charge is -2.32. The van der Waals surface area contributed by atoms with E-state index in [1.807, 2.05) is 19.1 Å². The summed E-state index contributed by atoms with van der Waals surface area (Å²) in [6.45, 7) is 4.85. The van der Waals surface area contributed by atoms with E-state index < -0.39 is 74.3 Å². The predicted molar refractivity (Wildman–Crippen MR) is 180 cm³/mol. The number of aromatic nitrogens is 1. The van der Waals surface area contributed by atoms with E-state index in [2.05, 4.69) is 20.3 Å². The Bertz CT molecular complexity index is 1830. The molecule has 7 atom stereocenters. The molecule has 0 bridgehead atoms. The molecule has 1 aromatic heterocycles. The second-order valence-electron chi connectivity index (χ2n) is 13.9. The van der Waals surface area contributed by atoms with Crippen LogP contribution in [0.15, 0.2) is 42.6 Å². The van der Waals surface area contributed by atoms with Crippen molar-refractivity contribution in [3.05, 3.63) is 42.6 Å². The molecule has 6 rings (SSSR count). The van der Waals surface area contributed by atoms with Crippen molar-refractivity contribution in [2.45, 2.75) is 100.0 Å². The van der Waals surface area contributed by atoms with Crippen LogP contribution in [0.4, 0.5) is 4.79 Å². The molecule has 3 fully saturated rings. The third-order valence-electron chi connectivity index (χ3n) is 10.2. The molecule has 2 saturated carbocycles. The predicted octanol–water partition coefficient (Wildman–Crippen LogP) is 2.24. The van der Waals surface area contributed by atoms with Gasteiger partial charge in [0.2, 0.25) is 27.7 Å². The fourth-order valence-corrected chi connectivity index (χ4v) is 8.06. The van der Waals surface area contributed by atoms with Gasteiger partial charge in [-0.1, -0.05) is 12.2 Å². The summed E-state index contributed by atoms with van der Waals surface area (Å²) in [6.07, 6.45) is 3.75. The second kappa shape index (κ2) is 13.4. The van der Waals surface area contributed by atoms with Crippen molar-refractivity contribution in [1.82, 2.24) is 25.2 Å². The van der Waals surface area contributed by atoms with Crippen molar-refractivity contribution in [2.75, 3.05) is 13.7 Å². The fourth-order valence-electron chi connectivity index (χ4n) is 6.74. The summed E-state index contributed by atoms with van der Waals surface area (Å²) in [5.41, 5.74) is -1.57. The quantitative estimate of drug-likeness (QED) is 0.307. The Morgan fingerprint density at radius 2 is 1.94 bits per heavy atom. The maximum absolute atomic E-state index is 14.2. The summed E-state index contributed by atoms with van der Waals surface area (Å²) in [6, 6.07) is 4.57. The molecule has 270 valence electrons. The number of carbonyl (C=O) groups is 4. The average molecular weight is 714 g/mol. The summed E-state index contributed by atoms with van der Waals surface area (Å²) < 4.78 is 45.0. The Morgan fingerprint density at radius 1 is 1.18 bits per heavy atom. The number of hydrogen-bond donors (Lipinski definition) is 4. The smallest absolute Gasteiger partial charge is 0.405 e. The third kappa shape index (κ3) is 6.95. The molecule has 4 amide bonds. The molecular formula is C34H43N5O10S. The number of carbonyl (C=O) groups excluding carboxylic acids is 3. The number of nitrogens with zero attached hydrogens (tertiary/aromatic N) is 2. The molecule has 16 heteroatoms. The number of rotatable bonds is 7. The van der Waals surface area contributed by atoms with Crippen LogP contribution in [0.2, 0.25) is 0 Å². The number of methoxy groups -OCH3 is 1. The highest BCUT2D eigenvalue weighted by molar-refractivity contribution is 7.91. The monoisotopic (exact) mass is 713 g/mol. The van der Waals surface area contributed by atoms with Crippen molar-refractivity contribution in [2.24, 2.45) is 5.92 Å². The highest BCUT2D eigenvalue weighted by Gasteiger charge is 2.63. The van der Waals surface area contributed by atoms with Gasteiger partial charge in [-0.25, -0.2) is 18.2 Å². The number of carboxylic acid groups (broad SMARTS) is 1. The van der Waals surface area contributed by atoms with Gasteiger partial charge >= 0.3 is 6.09 Å². The van der Waals surface area contributed by atoms with E-state index in [1.54, 1.807) is 51.4 Å². The maximum atomic E-state index is 14.2. The van der Waals surface area contributed by atoms with Crippen LogP contribution in [0.1, 0.15) is 59.3 Å². The number of allylic oxidation sites excluding steroid dienone is 1. The van der Waals surface area contributed by atoms with E-state index >= 15 is 0 Å². The van der Waals surface area contributed by atoms with Gasteiger partial charge in [-0.3, -0.25) is 19.1 Å². The highest BCUT2D eigenvalue weighted by Crippen LogP contribution is 2.47. The van der Waals surface area contributed by atoms with E-state index in [1.165, 1.54) is 4.90 Å². The van der Waals surface area contributed by atoms with Gasteiger partial charge in [0.05, 0.1) is 30.6 Å². The number of benzene rings is 1. The van der Waals surface area contributed by atoms with Gasteiger partial charge in [-0.2, -0.15) is 0 Å². The lowest BCUT2D eigenvalue weighted by atomic mass is 10.1. The first-order valence-corrected chi connectivity index (χ1v) is 18.2. The molecule has 4 N–H and O–H groups in total. The first-order valence-electron chi connectivity index (χ1n) is 16.8. The van der Waals surface area contributed by atoms with E-state index in [4.69, 9.17) is 14.2 Å². The van der Waals surface area contributed by atoms with Crippen LogP contribution in [0.25, 0.3) is 10.8 Å². The number of hydrogen-bond acceptors (Lipinski definition) is 10.